The van der Waals surface area contributed by atoms with Crippen LogP contribution in [-0.2, 0) is 18.4 Å². The van der Waals surface area contributed by atoms with Crippen LogP contribution in [0.4, 0.5) is 13.2 Å². The molecule has 0 aliphatic heterocycles. The van der Waals surface area contributed by atoms with Gasteiger partial charge in [-0.3, -0.25) is 0 Å². The lowest BCUT2D eigenvalue weighted by Crippen LogP contribution is -2.31. The van der Waals surface area contributed by atoms with E-state index in [-0.39, 0.29) is 5.75 Å². The Hall–Kier alpha value is -3.32. The molecule has 3 aromatic carbocycles. The molecule has 7 heteroatoms. The van der Waals surface area contributed by atoms with Gasteiger partial charge in [-0.1, -0.05) is 42.5 Å². The fourth-order valence-corrected chi connectivity index (χ4v) is 3.89. The molecule has 0 aliphatic rings. The number of nitrogens with one attached hydrogen (secondary N) is 1. The first-order chi connectivity index (χ1) is 16.0. The molecule has 1 heterocycles. The van der Waals surface area contributed by atoms with Gasteiger partial charge in [0.25, 0.3) is 0 Å². The summed E-state index contributed by atoms with van der Waals surface area (Å²) in [7, 11) is 0. The number of alkyl halides is 3. The zero-order chi connectivity index (χ0) is 24.5. The van der Waals surface area contributed by atoms with Crippen molar-refractivity contribution in [2.24, 2.45) is 0 Å². The maximum atomic E-state index is 12.7. The SMILES string of the molecule is CC(Oc1ccc(CCc2nc3ccc(-c4ccccc4C(C)(C)O)cc3[nH]2)cc1)C(F)(F)F. The molecular formula is C27H27F3N2O2. The van der Waals surface area contributed by atoms with Gasteiger partial charge in [-0.25, -0.2) is 4.98 Å². The lowest BCUT2D eigenvalue weighted by Gasteiger charge is -2.21. The highest BCUT2D eigenvalue weighted by molar-refractivity contribution is 5.83. The number of H-pyrrole nitrogens is 1. The van der Waals surface area contributed by atoms with Crippen molar-refractivity contribution < 1.29 is 23.0 Å². The Kier molecular flexibility index (Phi) is 6.41. The molecule has 1 atom stereocenters. The fourth-order valence-electron chi connectivity index (χ4n) is 3.89. The third-order valence-electron chi connectivity index (χ3n) is 5.78. The molecule has 0 saturated carbocycles. The Morgan fingerprint density at radius 2 is 1.68 bits per heavy atom. The summed E-state index contributed by atoms with van der Waals surface area (Å²) < 4.78 is 42.9. The van der Waals surface area contributed by atoms with Crippen LogP contribution in [0.25, 0.3) is 22.2 Å². The third kappa shape index (κ3) is 5.42. The van der Waals surface area contributed by atoms with Gasteiger partial charge in [0.2, 0.25) is 0 Å². The number of imidazole rings is 1. The van der Waals surface area contributed by atoms with E-state index >= 15 is 0 Å². The monoisotopic (exact) mass is 468 g/mol. The minimum Gasteiger partial charge on any atom is -0.481 e. The third-order valence-corrected chi connectivity index (χ3v) is 5.78. The maximum absolute atomic E-state index is 12.7. The molecule has 0 spiro atoms. The summed E-state index contributed by atoms with van der Waals surface area (Å²) >= 11 is 0. The molecule has 0 aliphatic carbocycles. The molecule has 0 saturated heterocycles. The molecule has 0 bridgehead atoms. The van der Waals surface area contributed by atoms with Crippen molar-refractivity contribution in [2.75, 3.05) is 0 Å². The topological polar surface area (TPSA) is 58.1 Å². The highest BCUT2D eigenvalue weighted by Crippen LogP contribution is 2.33. The van der Waals surface area contributed by atoms with Crippen LogP contribution in [0.15, 0.2) is 66.7 Å². The van der Waals surface area contributed by atoms with Crippen molar-refractivity contribution in [3.8, 4) is 16.9 Å². The molecular weight excluding hydrogens is 441 g/mol. The van der Waals surface area contributed by atoms with Crippen molar-refractivity contribution in [1.82, 2.24) is 9.97 Å². The number of fused-ring (bicyclic) bond motifs is 1. The molecule has 178 valence electrons. The van der Waals surface area contributed by atoms with Gasteiger partial charge in [-0.2, -0.15) is 13.2 Å². The molecule has 1 unspecified atom stereocenters. The number of aromatic nitrogens is 2. The zero-order valence-corrected chi connectivity index (χ0v) is 19.3. The first kappa shape index (κ1) is 23.8. The predicted molar refractivity (Wildman–Crippen MR) is 127 cm³/mol. The average Bonchev–Trinajstić information content (AvgIpc) is 3.19. The largest absolute Gasteiger partial charge is 0.481 e. The molecule has 4 nitrogen and oxygen atoms in total. The molecule has 4 aromatic rings. The number of ether oxygens (including phenoxy) is 1. The molecule has 4 rings (SSSR count). The second-order valence-electron chi connectivity index (χ2n) is 8.97. The first-order valence-electron chi connectivity index (χ1n) is 11.1. The molecule has 2 N–H and O–H groups in total. The second kappa shape index (κ2) is 9.14. The van der Waals surface area contributed by atoms with E-state index in [0.717, 1.165) is 46.0 Å². The fraction of sp³-hybridized carbons (Fsp3) is 0.296. The van der Waals surface area contributed by atoms with E-state index in [0.29, 0.717) is 12.8 Å². The number of nitrogens with zero attached hydrogens (tertiary/aromatic N) is 1. The molecule has 34 heavy (non-hydrogen) atoms. The number of aliphatic hydroxyl groups is 1. The van der Waals surface area contributed by atoms with Crippen LogP contribution in [-0.4, -0.2) is 27.4 Å². The van der Waals surface area contributed by atoms with Crippen molar-refractivity contribution >= 4 is 11.0 Å². The normalized spacial score (nSPS) is 13.3. The van der Waals surface area contributed by atoms with Crippen LogP contribution in [0.5, 0.6) is 5.75 Å². The van der Waals surface area contributed by atoms with Crippen LogP contribution < -0.4 is 4.74 Å². The van der Waals surface area contributed by atoms with Gasteiger partial charge in [-0.05, 0) is 73.7 Å². The van der Waals surface area contributed by atoms with Crippen molar-refractivity contribution in [2.45, 2.75) is 51.5 Å². The summed E-state index contributed by atoms with van der Waals surface area (Å²) in [4.78, 5) is 8.03. The Labute approximate surface area is 196 Å². The predicted octanol–water partition coefficient (Wildman–Crippen LogP) is 6.57. The maximum Gasteiger partial charge on any atom is 0.425 e. The van der Waals surface area contributed by atoms with Crippen molar-refractivity contribution in [1.29, 1.82) is 0 Å². The first-order valence-corrected chi connectivity index (χ1v) is 11.1. The summed E-state index contributed by atoms with van der Waals surface area (Å²) in [5.41, 5.74) is 4.58. The summed E-state index contributed by atoms with van der Waals surface area (Å²) in [6.45, 7) is 4.53. The van der Waals surface area contributed by atoms with Gasteiger partial charge < -0.3 is 14.8 Å². The number of rotatable bonds is 7. The van der Waals surface area contributed by atoms with Gasteiger partial charge in [0.1, 0.15) is 11.6 Å². The Morgan fingerprint density at radius 1 is 0.971 bits per heavy atom. The van der Waals surface area contributed by atoms with Gasteiger partial charge >= 0.3 is 6.18 Å². The Bertz CT molecular complexity index is 1270. The summed E-state index contributed by atoms with van der Waals surface area (Å²) in [5, 5.41) is 10.5. The van der Waals surface area contributed by atoms with E-state index in [1.807, 2.05) is 42.5 Å². The second-order valence-corrected chi connectivity index (χ2v) is 8.97. The van der Waals surface area contributed by atoms with Crippen LogP contribution >= 0.6 is 0 Å². The number of halogens is 3. The summed E-state index contributed by atoms with van der Waals surface area (Å²) in [6.07, 6.45) is -4.91. The van der Waals surface area contributed by atoms with Gasteiger partial charge in [0, 0.05) is 6.42 Å². The summed E-state index contributed by atoms with van der Waals surface area (Å²) in [5.74, 6) is 1.02. The van der Waals surface area contributed by atoms with Crippen molar-refractivity contribution in [3.63, 3.8) is 0 Å². The Morgan fingerprint density at radius 3 is 2.35 bits per heavy atom. The van der Waals surface area contributed by atoms with Gasteiger partial charge in [-0.15, -0.1) is 0 Å². The minimum absolute atomic E-state index is 0.191. The quantitative estimate of drug-likeness (QED) is 0.322. The van der Waals surface area contributed by atoms with E-state index in [2.05, 4.69) is 9.97 Å². The number of aryl methyl sites for hydroxylation is 2. The number of hydrogen-bond acceptors (Lipinski definition) is 3. The summed E-state index contributed by atoms with van der Waals surface area (Å²) in [6, 6.07) is 20.4. The number of hydrogen-bond donors (Lipinski definition) is 2. The molecule has 0 fully saturated rings. The highest BCUT2D eigenvalue weighted by atomic mass is 19.4. The van der Waals surface area contributed by atoms with E-state index in [4.69, 9.17) is 4.74 Å². The highest BCUT2D eigenvalue weighted by Gasteiger charge is 2.38. The molecule has 0 radical (unpaired) electrons. The smallest absolute Gasteiger partial charge is 0.425 e. The zero-order valence-electron chi connectivity index (χ0n) is 19.3. The Balaban J connectivity index is 1.47. The van der Waals surface area contributed by atoms with Crippen LogP contribution in [0.1, 0.15) is 37.7 Å². The van der Waals surface area contributed by atoms with Crippen LogP contribution in [0.3, 0.4) is 0 Å². The average molecular weight is 469 g/mol. The minimum atomic E-state index is -4.39. The van der Waals surface area contributed by atoms with E-state index in [1.165, 1.54) is 0 Å². The van der Waals surface area contributed by atoms with Gasteiger partial charge in [0.15, 0.2) is 6.10 Å². The molecule has 1 aromatic heterocycles. The number of aromatic amines is 1. The van der Waals surface area contributed by atoms with E-state index in [1.54, 1.807) is 38.1 Å². The lowest BCUT2D eigenvalue weighted by atomic mass is 9.89. The lowest BCUT2D eigenvalue weighted by molar-refractivity contribution is -0.189. The van der Waals surface area contributed by atoms with Crippen LogP contribution in [0.2, 0.25) is 0 Å². The van der Waals surface area contributed by atoms with Crippen molar-refractivity contribution in [3.05, 3.63) is 83.7 Å². The van der Waals surface area contributed by atoms with E-state index in [9.17, 15) is 18.3 Å². The standard InChI is InChI=1S/C27H27F3N2O2/c1-17(27(28,29)30)34-20-12-8-18(9-13-20)10-15-25-31-23-14-11-19(16-24(23)32-25)21-6-4-5-7-22(21)26(2,3)33/h4-9,11-14,16-17,33H,10,15H2,1-3H3,(H,31,32). The van der Waals surface area contributed by atoms with Gasteiger partial charge in [0.05, 0.1) is 16.6 Å². The molecule has 0 amide bonds. The van der Waals surface area contributed by atoms with E-state index < -0.39 is 17.9 Å². The number of benzene rings is 3. The van der Waals surface area contributed by atoms with Crippen LogP contribution in [0, 0.1) is 0 Å².